The summed E-state index contributed by atoms with van der Waals surface area (Å²) in [4.78, 5) is 15.5. The number of rotatable bonds is 6. The van der Waals surface area contributed by atoms with Crippen molar-refractivity contribution in [3.63, 3.8) is 0 Å². The number of nitrogens with zero attached hydrogens (tertiary/aromatic N) is 1. The maximum atomic E-state index is 11.6. The molecule has 0 saturated heterocycles. The standard InChI is InChI=1S/C11H17N3O2/c1-9(11(15)13-7-8-16-2)14-10-3-5-12-6-4-10/h3-6,9H,7-8H2,1-2H3,(H,12,14)(H,13,15). The van der Waals surface area contributed by atoms with Gasteiger partial charge >= 0.3 is 0 Å². The van der Waals surface area contributed by atoms with E-state index in [0.29, 0.717) is 13.2 Å². The maximum Gasteiger partial charge on any atom is 0.242 e. The molecular formula is C11H17N3O2. The highest BCUT2D eigenvalue weighted by atomic mass is 16.5. The summed E-state index contributed by atoms with van der Waals surface area (Å²) >= 11 is 0. The van der Waals surface area contributed by atoms with Crippen LogP contribution in [0.5, 0.6) is 0 Å². The number of methoxy groups -OCH3 is 1. The van der Waals surface area contributed by atoms with E-state index >= 15 is 0 Å². The lowest BCUT2D eigenvalue weighted by atomic mass is 10.3. The van der Waals surface area contributed by atoms with E-state index in [9.17, 15) is 4.79 Å². The highest BCUT2D eigenvalue weighted by molar-refractivity contribution is 5.84. The van der Waals surface area contributed by atoms with Gasteiger partial charge in [0, 0.05) is 31.7 Å². The van der Waals surface area contributed by atoms with E-state index < -0.39 is 0 Å². The largest absolute Gasteiger partial charge is 0.383 e. The fraction of sp³-hybridized carbons (Fsp3) is 0.455. The Balaban J connectivity index is 2.34. The van der Waals surface area contributed by atoms with E-state index in [1.54, 1.807) is 19.5 Å². The van der Waals surface area contributed by atoms with Gasteiger partial charge in [0.25, 0.3) is 0 Å². The quantitative estimate of drug-likeness (QED) is 0.695. The number of amides is 1. The summed E-state index contributed by atoms with van der Waals surface area (Å²) in [7, 11) is 1.60. The first kappa shape index (κ1) is 12.4. The average Bonchev–Trinajstić information content (AvgIpc) is 2.30. The summed E-state index contributed by atoms with van der Waals surface area (Å²) in [5.41, 5.74) is 0.879. The van der Waals surface area contributed by atoms with Crippen LogP contribution >= 0.6 is 0 Å². The summed E-state index contributed by atoms with van der Waals surface area (Å²) in [5, 5.41) is 5.84. The molecule has 0 fully saturated rings. The zero-order chi connectivity index (χ0) is 11.8. The lowest BCUT2D eigenvalue weighted by Crippen LogP contribution is -2.39. The van der Waals surface area contributed by atoms with E-state index in [1.807, 2.05) is 19.1 Å². The molecule has 0 aliphatic rings. The van der Waals surface area contributed by atoms with Crippen molar-refractivity contribution in [2.24, 2.45) is 0 Å². The number of anilines is 1. The van der Waals surface area contributed by atoms with Crippen molar-refractivity contribution in [3.8, 4) is 0 Å². The highest BCUT2D eigenvalue weighted by Gasteiger charge is 2.11. The molecule has 1 atom stereocenters. The molecule has 1 aromatic rings. The highest BCUT2D eigenvalue weighted by Crippen LogP contribution is 2.05. The summed E-state index contributed by atoms with van der Waals surface area (Å²) in [5.74, 6) is -0.0473. The third kappa shape index (κ3) is 4.27. The Labute approximate surface area is 95.2 Å². The zero-order valence-corrected chi connectivity index (χ0v) is 9.56. The van der Waals surface area contributed by atoms with Crippen LogP contribution in [0.1, 0.15) is 6.92 Å². The van der Waals surface area contributed by atoms with E-state index in [4.69, 9.17) is 4.74 Å². The first-order valence-electron chi connectivity index (χ1n) is 5.17. The summed E-state index contributed by atoms with van der Waals surface area (Å²) in [6.45, 7) is 2.86. The van der Waals surface area contributed by atoms with Gasteiger partial charge in [-0.2, -0.15) is 0 Å². The topological polar surface area (TPSA) is 63.2 Å². The van der Waals surface area contributed by atoms with E-state index in [0.717, 1.165) is 5.69 Å². The van der Waals surface area contributed by atoms with Gasteiger partial charge in [0.05, 0.1) is 6.61 Å². The molecule has 88 valence electrons. The molecular weight excluding hydrogens is 206 g/mol. The lowest BCUT2D eigenvalue weighted by Gasteiger charge is -2.14. The van der Waals surface area contributed by atoms with Crippen LogP contribution in [0, 0.1) is 0 Å². The Hall–Kier alpha value is -1.62. The second-order valence-corrected chi connectivity index (χ2v) is 3.39. The van der Waals surface area contributed by atoms with Crippen molar-refractivity contribution in [1.82, 2.24) is 10.3 Å². The number of hydrogen-bond acceptors (Lipinski definition) is 4. The van der Waals surface area contributed by atoms with Crippen LogP contribution in [-0.4, -0.2) is 37.2 Å². The van der Waals surface area contributed by atoms with Crippen molar-refractivity contribution in [3.05, 3.63) is 24.5 Å². The molecule has 0 saturated carbocycles. The van der Waals surface area contributed by atoms with Crippen LogP contribution in [0.3, 0.4) is 0 Å². The molecule has 1 unspecified atom stereocenters. The monoisotopic (exact) mass is 223 g/mol. The zero-order valence-electron chi connectivity index (χ0n) is 9.56. The number of pyridine rings is 1. The molecule has 0 aliphatic heterocycles. The first-order chi connectivity index (χ1) is 7.74. The third-order valence-electron chi connectivity index (χ3n) is 2.06. The Morgan fingerprint density at radius 2 is 2.19 bits per heavy atom. The molecule has 2 N–H and O–H groups in total. The molecule has 0 spiro atoms. The maximum absolute atomic E-state index is 11.6. The second kappa shape index (κ2) is 6.79. The predicted molar refractivity (Wildman–Crippen MR) is 62.2 cm³/mol. The van der Waals surface area contributed by atoms with Crippen LogP contribution in [0.4, 0.5) is 5.69 Å². The number of hydrogen-bond donors (Lipinski definition) is 2. The van der Waals surface area contributed by atoms with Crippen molar-refractivity contribution in [1.29, 1.82) is 0 Å². The Kier molecular flexibility index (Phi) is 5.28. The minimum absolute atomic E-state index is 0.0473. The van der Waals surface area contributed by atoms with Gasteiger partial charge < -0.3 is 15.4 Å². The molecule has 1 amide bonds. The smallest absolute Gasteiger partial charge is 0.242 e. The molecule has 0 aliphatic carbocycles. The van der Waals surface area contributed by atoms with Gasteiger partial charge in [-0.1, -0.05) is 0 Å². The van der Waals surface area contributed by atoms with Crippen LogP contribution < -0.4 is 10.6 Å². The van der Waals surface area contributed by atoms with E-state index in [1.165, 1.54) is 0 Å². The molecule has 1 heterocycles. The van der Waals surface area contributed by atoms with Gasteiger partial charge in [-0.25, -0.2) is 0 Å². The molecule has 0 radical (unpaired) electrons. The first-order valence-corrected chi connectivity index (χ1v) is 5.17. The van der Waals surface area contributed by atoms with Crippen molar-refractivity contribution in [2.75, 3.05) is 25.6 Å². The average molecular weight is 223 g/mol. The van der Waals surface area contributed by atoms with Gasteiger partial charge in [0.1, 0.15) is 6.04 Å². The van der Waals surface area contributed by atoms with Gasteiger partial charge in [-0.05, 0) is 19.1 Å². The molecule has 16 heavy (non-hydrogen) atoms. The van der Waals surface area contributed by atoms with Crippen LogP contribution in [-0.2, 0) is 9.53 Å². The Morgan fingerprint density at radius 3 is 2.81 bits per heavy atom. The summed E-state index contributed by atoms with van der Waals surface area (Å²) in [6.07, 6.45) is 3.36. The fourth-order valence-corrected chi connectivity index (χ4v) is 1.19. The Morgan fingerprint density at radius 1 is 1.50 bits per heavy atom. The van der Waals surface area contributed by atoms with Crippen molar-refractivity contribution < 1.29 is 9.53 Å². The predicted octanol–water partition coefficient (Wildman–Crippen LogP) is 0.645. The van der Waals surface area contributed by atoms with Crippen LogP contribution in [0.15, 0.2) is 24.5 Å². The number of nitrogens with one attached hydrogen (secondary N) is 2. The van der Waals surface area contributed by atoms with E-state index in [-0.39, 0.29) is 11.9 Å². The molecule has 0 aromatic carbocycles. The van der Waals surface area contributed by atoms with Crippen LogP contribution in [0.2, 0.25) is 0 Å². The Bertz CT molecular complexity index is 316. The van der Waals surface area contributed by atoms with Crippen molar-refractivity contribution >= 4 is 11.6 Å². The summed E-state index contributed by atoms with van der Waals surface area (Å²) in [6, 6.07) is 3.36. The number of ether oxygens (including phenoxy) is 1. The SMILES string of the molecule is COCCNC(=O)C(C)Nc1ccncc1. The number of carbonyl (C=O) groups is 1. The number of aromatic nitrogens is 1. The van der Waals surface area contributed by atoms with Crippen LogP contribution in [0.25, 0.3) is 0 Å². The molecule has 0 bridgehead atoms. The normalized spacial score (nSPS) is 11.9. The number of carbonyl (C=O) groups excluding carboxylic acids is 1. The molecule has 1 rings (SSSR count). The molecule has 5 heteroatoms. The molecule has 5 nitrogen and oxygen atoms in total. The third-order valence-corrected chi connectivity index (χ3v) is 2.06. The second-order valence-electron chi connectivity index (χ2n) is 3.39. The minimum Gasteiger partial charge on any atom is -0.383 e. The summed E-state index contributed by atoms with van der Waals surface area (Å²) < 4.78 is 4.85. The lowest BCUT2D eigenvalue weighted by molar-refractivity contribution is -0.121. The van der Waals surface area contributed by atoms with E-state index in [2.05, 4.69) is 15.6 Å². The van der Waals surface area contributed by atoms with Crippen molar-refractivity contribution in [2.45, 2.75) is 13.0 Å². The van der Waals surface area contributed by atoms with Gasteiger partial charge in [-0.15, -0.1) is 0 Å². The van der Waals surface area contributed by atoms with Gasteiger partial charge in [0.2, 0.25) is 5.91 Å². The van der Waals surface area contributed by atoms with Gasteiger partial charge in [-0.3, -0.25) is 9.78 Å². The minimum atomic E-state index is -0.278. The van der Waals surface area contributed by atoms with Gasteiger partial charge in [0.15, 0.2) is 0 Å². The molecule has 1 aromatic heterocycles. The fourth-order valence-electron chi connectivity index (χ4n) is 1.19.